The Morgan fingerprint density at radius 3 is 2.44 bits per heavy atom. The third kappa shape index (κ3) is 3.67. The maximum Gasteiger partial charge on any atom is 0.0837 e. The minimum atomic E-state index is -0.0629. The summed E-state index contributed by atoms with van der Waals surface area (Å²) in [6.07, 6.45) is 1.06. The molecule has 0 heterocycles. The van der Waals surface area contributed by atoms with Gasteiger partial charge in [0.05, 0.1) is 12.0 Å². The van der Waals surface area contributed by atoms with Crippen molar-refractivity contribution in [3.05, 3.63) is 35.9 Å². The number of rotatable bonds is 5. The lowest BCUT2D eigenvalue weighted by Crippen LogP contribution is -2.40. The van der Waals surface area contributed by atoms with Gasteiger partial charge in [-0.15, -0.1) is 0 Å². The first-order chi connectivity index (χ1) is 7.59. The normalized spacial score (nSPS) is 13.1. The highest BCUT2D eigenvalue weighted by Crippen LogP contribution is 2.15. The summed E-state index contributed by atoms with van der Waals surface area (Å²) in [6.45, 7) is 7.18. The van der Waals surface area contributed by atoms with Crippen LogP contribution in [0.1, 0.15) is 38.7 Å². The summed E-state index contributed by atoms with van der Waals surface area (Å²) in [5.41, 5.74) is 1.19. The van der Waals surface area contributed by atoms with E-state index in [0.717, 1.165) is 12.0 Å². The summed E-state index contributed by atoms with van der Waals surface area (Å²) < 4.78 is 0. The van der Waals surface area contributed by atoms with Crippen LogP contribution in [0.2, 0.25) is 0 Å². The first kappa shape index (κ1) is 12.7. The fraction of sp³-hybridized carbons (Fsp3) is 0.500. The zero-order valence-corrected chi connectivity index (χ0v) is 10.3. The van der Waals surface area contributed by atoms with Crippen LogP contribution < -0.4 is 5.32 Å². The van der Waals surface area contributed by atoms with Gasteiger partial charge in [-0.1, -0.05) is 37.3 Å². The van der Waals surface area contributed by atoms with E-state index in [1.54, 1.807) is 0 Å². The van der Waals surface area contributed by atoms with Crippen molar-refractivity contribution in [3.63, 3.8) is 0 Å². The van der Waals surface area contributed by atoms with E-state index in [2.05, 4.69) is 32.2 Å². The zero-order chi connectivity index (χ0) is 12.0. The molecule has 0 aromatic heterocycles. The standard InChI is InChI=1S/C14H20N2/c1-4-14(2,3)16-11-13(10-15)12-8-6-5-7-9-12/h5-9,13,16H,4,11H2,1-3H3. The molecule has 0 aliphatic heterocycles. The highest BCUT2D eigenvalue weighted by atomic mass is 15.0. The first-order valence-electron chi connectivity index (χ1n) is 5.78. The average Bonchev–Trinajstić information content (AvgIpc) is 2.31. The highest BCUT2D eigenvalue weighted by Gasteiger charge is 2.17. The third-order valence-corrected chi connectivity index (χ3v) is 3.03. The number of hydrogen-bond acceptors (Lipinski definition) is 2. The Kier molecular flexibility index (Phi) is 4.52. The summed E-state index contributed by atoms with van der Waals surface area (Å²) >= 11 is 0. The second kappa shape index (κ2) is 5.67. The molecule has 1 atom stereocenters. The van der Waals surface area contributed by atoms with E-state index in [4.69, 9.17) is 5.26 Å². The quantitative estimate of drug-likeness (QED) is 0.821. The van der Waals surface area contributed by atoms with E-state index in [0.29, 0.717) is 6.54 Å². The smallest absolute Gasteiger partial charge is 0.0837 e. The van der Waals surface area contributed by atoms with E-state index in [1.807, 2.05) is 30.3 Å². The lowest BCUT2D eigenvalue weighted by molar-refractivity contribution is 0.373. The summed E-state index contributed by atoms with van der Waals surface area (Å²) in [7, 11) is 0. The minimum Gasteiger partial charge on any atom is -0.310 e. The van der Waals surface area contributed by atoms with E-state index in [1.165, 1.54) is 0 Å². The molecule has 2 heteroatoms. The molecule has 1 unspecified atom stereocenters. The lowest BCUT2D eigenvalue weighted by Gasteiger charge is -2.26. The molecule has 0 bridgehead atoms. The predicted octanol–water partition coefficient (Wildman–Crippen LogP) is 3.07. The van der Waals surface area contributed by atoms with Gasteiger partial charge in [-0.3, -0.25) is 0 Å². The Balaban J connectivity index is 2.62. The van der Waals surface area contributed by atoms with Gasteiger partial charge in [0.15, 0.2) is 0 Å². The van der Waals surface area contributed by atoms with Crippen molar-refractivity contribution >= 4 is 0 Å². The number of nitrogens with one attached hydrogen (secondary N) is 1. The van der Waals surface area contributed by atoms with E-state index >= 15 is 0 Å². The van der Waals surface area contributed by atoms with Gasteiger partial charge in [0, 0.05) is 12.1 Å². The molecule has 16 heavy (non-hydrogen) atoms. The number of benzene rings is 1. The Hall–Kier alpha value is -1.33. The van der Waals surface area contributed by atoms with Gasteiger partial charge in [0.1, 0.15) is 0 Å². The van der Waals surface area contributed by atoms with Gasteiger partial charge in [-0.25, -0.2) is 0 Å². The molecule has 0 amide bonds. The monoisotopic (exact) mass is 216 g/mol. The van der Waals surface area contributed by atoms with Gasteiger partial charge in [0.25, 0.3) is 0 Å². The second-order valence-electron chi connectivity index (χ2n) is 4.71. The number of nitrogens with zero attached hydrogens (tertiary/aromatic N) is 1. The maximum atomic E-state index is 9.16. The molecule has 0 spiro atoms. The highest BCUT2D eigenvalue weighted by molar-refractivity contribution is 5.25. The van der Waals surface area contributed by atoms with Crippen LogP contribution in [0.4, 0.5) is 0 Å². The van der Waals surface area contributed by atoms with Crippen molar-refractivity contribution in [3.8, 4) is 6.07 Å². The zero-order valence-electron chi connectivity index (χ0n) is 10.3. The SMILES string of the molecule is CCC(C)(C)NCC(C#N)c1ccccc1. The summed E-state index contributed by atoms with van der Waals surface area (Å²) in [5.74, 6) is -0.0629. The molecule has 0 saturated carbocycles. The molecule has 0 aliphatic rings. The van der Waals surface area contributed by atoms with Gasteiger partial charge in [0.2, 0.25) is 0 Å². The van der Waals surface area contributed by atoms with Crippen molar-refractivity contribution < 1.29 is 0 Å². The molecule has 1 N–H and O–H groups in total. The van der Waals surface area contributed by atoms with Crippen LogP contribution in [0, 0.1) is 11.3 Å². The van der Waals surface area contributed by atoms with Crippen LogP contribution in [0.3, 0.4) is 0 Å². The minimum absolute atomic E-state index is 0.0629. The molecule has 86 valence electrons. The van der Waals surface area contributed by atoms with Gasteiger partial charge in [-0.2, -0.15) is 5.26 Å². The fourth-order valence-electron chi connectivity index (χ4n) is 1.43. The summed E-state index contributed by atoms with van der Waals surface area (Å²) in [4.78, 5) is 0. The topological polar surface area (TPSA) is 35.8 Å². The Morgan fingerprint density at radius 1 is 1.31 bits per heavy atom. The Bertz CT molecular complexity index is 349. The molecule has 1 rings (SSSR count). The van der Waals surface area contributed by atoms with Gasteiger partial charge < -0.3 is 5.32 Å². The van der Waals surface area contributed by atoms with Gasteiger partial charge in [-0.05, 0) is 25.8 Å². The fourth-order valence-corrected chi connectivity index (χ4v) is 1.43. The maximum absolute atomic E-state index is 9.16. The summed E-state index contributed by atoms with van der Waals surface area (Å²) in [6, 6.07) is 12.3. The largest absolute Gasteiger partial charge is 0.310 e. The lowest BCUT2D eigenvalue weighted by atomic mass is 9.97. The average molecular weight is 216 g/mol. The van der Waals surface area contributed by atoms with Gasteiger partial charge >= 0.3 is 0 Å². The molecule has 1 aromatic rings. The molecular weight excluding hydrogens is 196 g/mol. The number of hydrogen-bond donors (Lipinski definition) is 1. The van der Waals surface area contributed by atoms with Crippen LogP contribution in [0.15, 0.2) is 30.3 Å². The third-order valence-electron chi connectivity index (χ3n) is 3.03. The predicted molar refractivity (Wildman–Crippen MR) is 67.2 cm³/mol. The second-order valence-corrected chi connectivity index (χ2v) is 4.71. The van der Waals surface area contributed by atoms with Crippen LogP contribution in [-0.4, -0.2) is 12.1 Å². The molecule has 0 aliphatic carbocycles. The van der Waals surface area contributed by atoms with Crippen molar-refractivity contribution in [1.29, 1.82) is 5.26 Å². The molecule has 1 aromatic carbocycles. The van der Waals surface area contributed by atoms with E-state index < -0.39 is 0 Å². The van der Waals surface area contributed by atoms with Crippen molar-refractivity contribution in [2.24, 2.45) is 0 Å². The Morgan fingerprint density at radius 2 is 1.94 bits per heavy atom. The van der Waals surface area contributed by atoms with Crippen LogP contribution in [0.5, 0.6) is 0 Å². The Labute approximate surface area is 98.3 Å². The molecule has 0 radical (unpaired) electrons. The molecule has 0 fully saturated rings. The molecule has 0 saturated heterocycles. The van der Waals surface area contributed by atoms with E-state index in [-0.39, 0.29) is 11.5 Å². The number of nitriles is 1. The molecule has 2 nitrogen and oxygen atoms in total. The molecular formula is C14H20N2. The van der Waals surface area contributed by atoms with E-state index in [9.17, 15) is 0 Å². The van der Waals surface area contributed by atoms with Crippen LogP contribution >= 0.6 is 0 Å². The first-order valence-corrected chi connectivity index (χ1v) is 5.78. The van der Waals surface area contributed by atoms with Crippen molar-refractivity contribution in [1.82, 2.24) is 5.32 Å². The van der Waals surface area contributed by atoms with Crippen molar-refractivity contribution in [2.45, 2.75) is 38.6 Å². The summed E-state index contributed by atoms with van der Waals surface area (Å²) in [5, 5.41) is 12.6. The van der Waals surface area contributed by atoms with Crippen LogP contribution in [0.25, 0.3) is 0 Å². The van der Waals surface area contributed by atoms with Crippen molar-refractivity contribution in [2.75, 3.05) is 6.54 Å². The van der Waals surface area contributed by atoms with Crippen LogP contribution in [-0.2, 0) is 0 Å².